The third kappa shape index (κ3) is 39.1. The number of aromatic amines is 2. The van der Waals surface area contributed by atoms with Gasteiger partial charge in [0.15, 0.2) is 0 Å². The summed E-state index contributed by atoms with van der Waals surface area (Å²) in [7, 11) is 0. The number of nitrogens with one attached hydrogen (secondary N) is 17. The number of carboxylic acids is 3. The Bertz CT molecular complexity index is 5460. The fourth-order valence-corrected chi connectivity index (χ4v) is 15.7. The lowest BCUT2D eigenvalue weighted by molar-refractivity contribution is -0.143. The summed E-state index contributed by atoms with van der Waals surface area (Å²) in [5, 5.41) is 68.0. The maximum atomic E-state index is 15.2. The molecule has 2 aromatic heterocycles. The van der Waals surface area contributed by atoms with E-state index in [1.165, 1.54) is 6.92 Å². The first kappa shape index (κ1) is 117. The molecule has 2 heterocycles. The van der Waals surface area contributed by atoms with Crippen LogP contribution >= 0.6 is 25.3 Å². The van der Waals surface area contributed by atoms with Crippen LogP contribution in [0.2, 0.25) is 0 Å². The molecule has 778 valence electrons. The van der Waals surface area contributed by atoms with Crippen molar-refractivity contribution in [2.45, 2.75) is 254 Å². The molecule has 6 rings (SSSR count). The van der Waals surface area contributed by atoms with Gasteiger partial charge < -0.3 is 134 Å². The summed E-state index contributed by atoms with van der Waals surface area (Å²) in [6.07, 6.45) is -2.50. The normalized spacial score (nSPS) is 14.8. The van der Waals surface area contributed by atoms with Gasteiger partial charge in [-0.2, -0.15) is 25.3 Å². The van der Waals surface area contributed by atoms with Crippen LogP contribution in [0, 0.1) is 17.8 Å². The number of nitrogens with two attached hydrogens (primary N) is 5. The second kappa shape index (κ2) is 58.6. The number of unbranched alkanes of at least 4 members (excludes halogenated alkanes) is 1. The quantitative estimate of drug-likeness (QED) is 0.0135. The average Bonchev–Trinajstić information content (AvgIpc) is 1.74. The summed E-state index contributed by atoms with van der Waals surface area (Å²) in [6.45, 7) is 11.4. The van der Waals surface area contributed by atoms with Gasteiger partial charge in [0, 0.05) is 84.2 Å². The van der Waals surface area contributed by atoms with Crippen molar-refractivity contribution < 1.29 is 116 Å². The van der Waals surface area contributed by atoms with Gasteiger partial charge in [-0.25, -0.2) is 4.79 Å². The highest BCUT2D eigenvalue weighted by Gasteiger charge is 2.41. The molecule has 30 N–H and O–H groups in total. The van der Waals surface area contributed by atoms with E-state index in [2.05, 4.69) is 115 Å². The minimum absolute atomic E-state index is 0.0599. The van der Waals surface area contributed by atoms with Gasteiger partial charge in [-0.1, -0.05) is 145 Å². The van der Waals surface area contributed by atoms with E-state index < -0.39 is 289 Å². The number of hydrogen-bond donors (Lipinski definition) is 27. The molecule has 17 atom stereocenters. The van der Waals surface area contributed by atoms with E-state index in [-0.39, 0.29) is 70.3 Å². The van der Waals surface area contributed by atoms with E-state index >= 15 is 14.4 Å². The van der Waals surface area contributed by atoms with Crippen molar-refractivity contribution in [1.29, 1.82) is 0 Å². The summed E-state index contributed by atoms with van der Waals surface area (Å²) in [4.78, 5) is 296. The summed E-state index contributed by atoms with van der Waals surface area (Å²) in [5.41, 5.74) is 31.6. The van der Waals surface area contributed by atoms with E-state index in [1.807, 2.05) is 0 Å². The number of carbonyl (C=O) groups is 21. The number of carboxylic acid groups (broad SMARTS) is 3. The number of para-hydroxylation sites is 2. The Morgan fingerprint density at radius 3 is 1.08 bits per heavy atom. The lowest BCUT2D eigenvalue weighted by Crippen LogP contribution is -2.62. The first-order chi connectivity index (χ1) is 67.7. The maximum absolute atomic E-state index is 15.2. The van der Waals surface area contributed by atoms with Crippen molar-refractivity contribution in [1.82, 2.24) is 89.7 Å². The molecule has 0 spiro atoms. The lowest BCUT2D eigenvalue weighted by atomic mass is 9.96. The molecular weight excluding hydrogens is 1900 g/mol. The van der Waals surface area contributed by atoms with Crippen molar-refractivity contribution >= 4 is 171 Å². The Morgan fingerprint density at radius 2 is 0.664 bits per heavy atom. The van der Waals surface area contributed by atoms with Gasteiger partial charge in [-0.3, -0.25) is 95.9 Å². The van der Waals surface area contributed by atoms with E-state index in [4.69, 9.17) is 28.7 Å². The van der Waals surface area contributed by atoms with Crippen LogP contribution in [0.3, 0.4) is 0 Å². The number of hydrogen-bond acceptors (Lipinski definition) is 25. The summed E-state index contributed by atoms with van der Waals surface area (Å²) in [6, 6.07) is 3.92. The number of H-pyrrole nitrogens is 2. The molecule has 0 bridgehead atoms. The molecule has 48 heteroatoms. The first-order valence-corrected chi connectivity index (χ1v) is 47.9. The molecule has 143 heavy (non-hydrogen) atoms. The van der Waals surface area contributed by atoms with Crippen LogP contribution in [0.5, 0.6) is 0 Å². The van der Waals surface area contributed by atoms with Crippen molar-refractivity contribution in [2.24, 2.45) is 46.4 Å². The van der Waals surface area contributed by atoms with Crippen LogP contribution < -0.4 is 108 Å². The molecule has 0 aliphatic rings. The van der Waals surface area contributed by atoms with Crippen LogP contribution in [-0.4, -0.2) is 264 Å². The smallest absolute Gasteiger partial charge is 0.326 e. The Labute approximate surface area is 835 Å². The van der Waals surface area contributed by atoms with Crippen molar-refractivity contribution in [3.05, 3.63) is 144 Å². The molecule has 0 unspecified atom stereocenters. The average molecular weight is 2030 g/mol. The van der Waals surface area contributed by atoms with Crippen molar-refractivity contribution in [3.8, 4) is 0 Å². The first-order valence-electron chi connectivity index (χ1n) is 46.7. The number of rotatable bonds is 63. The SMILES string of the molecule is CC[C@H](C)[C@H](NC(=O)[C@H](Cc1c[nH]c2ccccc12)NC(=O)[C@@H](N)CC(=O)O)C(=O)N[C@@H](CS)C(=O)N[C@@H](CC(N)=O)C(=O)N[C@@H](CC(C)C)C(=O)N[C@@H](Cc1ccccc1)C(=O)N[C@@H](CCCCN)C(=O)N[C@@H](C)C(=O)N[C@@H](CCC(N)=O)C(=O)N[C@@H](Cc1c[nH]c2ccccc12)C(=O)N[C@@H](Cc1ccccc1)C(=O)N[C@@H](CS)C(=O)N[C@@H](CC(=O)O)C(=O)N[C@@H](CCC(N)=O)C(=O)N[C@@H](CC(C)C)C(=O)O. The van der Waals surface area contributed by atoms with Gasteiger partial charge in [0.2, 0.25) is 106 Å². The number of aliphatic carboxylic acids is 3. The predicted octanol–water partition coefficient (Wildman–Crippen LogP) is -2.89. The van der Waals surface area contributed by atoms with Gasteiger partial charge in [0.05, 0.1) is 25.3 Å². The Kier molecular flexibility index (Phi) is 48.0. The van der Waals surface area contributed by atoms with E-state index in [0.717, 1.165) is 0 Å². The molecule has 0 aliphatic carbocycles. The second-order valence-electron chi connectivity index (χ2n) is 35.6. The maximum Gasteiger partial charge on any atom is 0.326 e. The highest BCUT2D eigenvalue weighted by Crippen LogP contribution is 2.24. The molecule has 0 radical (unpaired) electrons. The predicted molar refractivity (Wildman–Crippen MR) is 529 cm³/mol. The highest BCUT2D eigenvalue weighted by atomic mass is 32.1. The number of primary amides is 3. The fourth-order valence-electron chi connectivity index (χ4n) is 15.2. The molecule has 0 saturated carbocycles. The summed E-state index contributed by atoms with van der Waals surface area (Å²) in [5.74, 6) is -25.7. The van der Waals surface area contributed by atoms with E-state index in [0.29, 0.717) is 50.5 Å². The number of fused-ring (bicyclic) bond motifs is 2. The number of thiol groups is 2. The standard InChI is InChI=1S/C95H132N22O24S2/c1-8-50(6)79(117-91(136)68(107-81(126)58(97)41-77(121)122)40-55-45-102-60-28-18-16-26-57(55)60)94(139)116-73(47-143)93(138)112-69(42-76(100)120)89(134)108-64(35-48(2)3)85(130)109-65(37-52-21-11-9-12-22-52)86(131)105-61(29-19-20-34-96)82(127)103-51(7)80(125)104-62(30-32-74(98)118)83(128)111-67(39-54-44-101-59-27-17-15-25-56(54)59)88(133)110-66(38-53-23-13-10-14-24-53)87(132)115-72(46-142)92(137)113-70(43-78(123)124)90(135)106-63(31-33-75(99)119)84(129)114-71(95(140)141)36-49(4)5/h9-18,21-28,44-45,48-51,58,61-73,79,101-102,142-143H,8,19-20,29-43,46-47,96-97H2,1-7H3,(H2,98,118)(H2,99,119)(H2,100,120)(H,103,127)(H,104,125)(H,105,131)(H,106,135)(H,107,126)(H,108,134)(H,109,130)(H,110,133)(H,111,128)(H,112,138)(H,113,137)(H,114,129)(H,115,132)(H,116,139)(H,117,136)(H,121,122)(H,123,124)(H,140,141)/t50-,51-,58-,61-,62-,63-,64-,65-,66-,67-,68-,69-,70-,71-,72-,73-,79-/m0/s1. The molecule has 0 fully saturated rings. The minimum atomic E-state index is -2.02. The second-order valence-corrected chi connectivity index (χ2v) is 36.4. The monoisotopic (exact) mass is 2030 g/mol. The number of aromatic nitrogens is 2. The highest BCUT2D eigenvalue weighted by molar-refractivity contribution is 7.80. The van der Waals surface area contributed by atoms with Crippen LogP contribution in [-0.2, 0) is 126 Å². The molecule has 6 aromatic rings. The largest absolute Gasteiger partial charge is 0.481 e. The number of amides is 18. The van der Waals surface area contributed by atoms with E-state index in [1.54, 1.807) is 163 Å². The van der Waals surface area contributed by atoms with Crippen molar-refractivity contribution in [2.75, 3.05) is 18.1 Å². The van der Waals surface area contributed by atoms with Gasteiger partial charge in [0.1, 0.15) is 90.6 Å². The molecule has 18 amide bonds. The van der Waals surface area contributed by atoms with Gasteiger partial charge in [-0.05, 0) is 111 Å². The van der Waals surface area contributed by atoms with E-state index in [9.17, 15) is 102 Å². The Balaban J connectivity index is 1.22. The Hall–Kier alpha value is -14.6. The van der Waals surface area contributed by atoms with Gasteiger partial charge in [0.25, 0.3) is 0 Å². The molecule has 4 aromatic carbocycles. The van der Waals surface area contributed by atoms with Crippen LogP contribution in [0.1, 0.15) is 154 Å². The zero-order valence-corrected chi connectivity index (χ0v) is 82.1. The van der Waals surface area contributed by atoms with Gasteiger partial charge in [-0.15, -0.1) is 0 Å². The summed E-state index contributed by atoms with van der Waals surface area (Å²) < 4.78 is 0. The third-order valence-corrected chi connectivity index (χ3v) is 23.8. The van der Waals surface area contributed by atoms with Crippen LogP contribution in [0.15, 0.2) is 122 Å². The van der Waals surface area contributed by atoms with Crippen LogP contribution in [0.4, 0.5) is 0 Å². The topological polar surface area (TPSA) is 761 Å². The van der Waals surface area contributed by atoms with Crippen LogP contribution in [0.25, 0.3) is 21.8 Å². The molecule has 0 aliphatic heterocycles. The zero-order valence-electron chi connectivity index (χ0n) is 80.4. The Morgan fingerprint density at radius 1 is 0.336 bits per heavy atom. The summed E-state index contributed by atoms with van der Waals surface area (Å²) >= 11 is 8.58. The molecule has 0 saturated heterocycles. The third-order valence-electron chi connectivity index (χ3n) is 23.1. The minimum Gasteiger partial charge on any atom is -0.481 e. The molecule has 46 nitrogen and oxygen atoms in total. The lowest BCUT2D eigenvalue weighted by Gasteiger charge is -2.29. The van der Waals surface area contributed by atoms with Gasteiger partial charge >= 0.3 is 17.9 Å². The number of carbonyl (C=O) groups excluding carboxylic acids is 18. The fraction of sp³-hybridized carbons (Fsp3) is 0.484. The number of benzene rings is 4. The molecular formula is C95H132N22O24S2. The zero-order chi connectivity index (χ0) is 106. The van der Waals surface area contributed by atoms with Crippen molar-refractivity contribution in [3.63, 3.8) is 0 Å².